The maximum Gasteiger partial charge on any atom is 0.305 e. The maximum atomic E-state index is 12.0. The molecule has 3 rings (SSSR count). The van der Waals surface area contributed by atoms with Gasteiger partial charge >= 0.3 is 11.9 Å². The molecule has 33 heavy (non-hydrogen) atoms. The lowest BCUT2D eigenvalue weighted by molar-refractivity contribution is -0.141. The van der Waals surface area contributed by atoms with Crippen molar-refractivity contribution in [2.45, 2.75) is 83.5 Å². The van der Waals surface area contributed by atoms with Gasteiger partial charge in [0.05, 0.1) is 14.2 Å². The second-order valence-electron chi connectivity index (χ2n) is 9.41. The van der Waals surface area contributed by atoms with E-state index in [1.54, 1.807) is 7.11 Å². The molecule has 0 heterocycles. The van der Waals surface area contributed by atoms with Gasteiger partial charge in [0.15, 0.2) is 0 Å². The average Bonchev–Trinajstić information content (AvgIpc) is 2.84. The molecule has 6 nitrogen and oxygen atoms in total. The molecule has 2 saturated carbocycles. The lowest BCUT2D eigenvalue weighted by atomic mass is 9.76. The van der Waals surface area contributed by atoms with Gasteiger partial charge in [-0.3, -0.25) is 14.4 Å². The smallest absolute Gasteiger partial charge is 0.305 e. The van der Waals surface area contributed by atoms with Crippen molar-refractivity contribution in [3.05, 3.63) is 29.8 Å². The highest BCUT2D eigenvalue weighted by molar-refractivity contribution is 5.82. The second-order valence-corrected chi connectivity index (χ2v) is 9.41. The van der Waals surface area contributed by atoms with E-state index in [0.717, 1.165) is 31.4 Å². The molecule has 0 aromatic heterocycles. The zero-order valence-electron chi connectivity index (χ0n) is 20.2. The fourth-order valence-corrected chi connectivity index (χ4v) is 4.96. The summed E-state index contributed by atoms with van der Waals surface area (Å²) in [4.78, 5) is 33.5. The molecule has 0 saturated heterocycles. The molecule has 2 aliphatic rings. The van der Waals surface area contributed by atoms with E-state index < -0.39 is 5.97 Å². The van der Waals surface area contributed by atoms with Gasteiger partial charge < -0.3 is 14.6 Å². The van der Waals surface area contributed by atoms with Gasteiger partial charge in [0.1, 0.15) is 11.5 Å². The van der Waals surface area contributed by atoms with Crippen LogP contribution in [0.5, 0.6) is 5.75 Å². The van der Waals surface area contributed by atoms with E-state index in [1.165, 1.54) is 44.8 Å². The van der Waals surface area contributed by atoms with Crippen molar-refractivity contribution < 1.29 is 29.0 Å². The number of hydrogen-bond acceptors (Lipinski definition) is 5. The quantitative estimate of drug-likeness (QED) is 0.482. The summed E-state index contributed by atoms with van der Waals surface area (Å²) in [5.41, 5.74) is 1.27. The minimum absolute atomic E-state index is 0.0103. The number of esters is 1. The van der Waals surface area contributed by atoms with Crippen LogP contribution in [0, 0.1) is 17.8 Å². The predicted octanol–water partition coefficient (Wildman–Crippen LogP) is 5.61. The number of methoxy groups -OCH3 is 2. The van der Waals surface area contributed by atoms with Crippen LogP contribution >= 0.6 is 0 Å². The van der Waals surface area contributed by atoms with Gasteiger partial charge in [-0.2, -0.15) is 0 Å². The van der Waals surface area contributed by atoms with Crippen LogP contribution in [0.25, 0.3) is 0 Å². The van der Waals surface area contributed by atoms with Gasteiger partial charge in [-0.15, -0.1) is 0 Å². The van der Waals surface area contributed by atoms with E-state index in [1.807, 2.05) is 12.1 Å². The standard InChI is InChI=1S/C18H24O4.C9H16O2/c1-21-16-7-3-13(4-8-16)11-14-5-9-17(19)15(12-14)6-10-18(20)22-2;10-9(11)7-6-8-4-2-1-3-5-8/h3-4,7-8,14-15H,5-6,9-12H2,1-2H3;8H,1-7H2,(H,10,11). The topological polar surface area (TPSA) is 89.9 Å². The van der Waals surface area contributed by atoms with E-state index in [2.05, 4.69) is 16.9 Å². The third-order valence-corrected chi connectivity index (χ3v) is 6.97. The Morgan fingerprint density at radius 1 is 0.939 bits per heavy atom. The highest BCUT2D eigenvalue weighted by Crippen LogP contribution is 2.32. The Labute approximate surface area is 198 Å². The van der Waals surface area contributed by atoms with Gasteiger partial charge in [-0.25, -0.2) is 0 Å². The zero-order chi connectivity index (χ0) is 24.1. The summed E-state index contributed by atoms with van der Waals surface area (Å²) in [6, 6.07) is 8.10. The molecule has 0 aliphatic heterocycles. The molecule has 0 radical (unpaired) electrons. The molecule has 0 bridgehead atoms. The molecule has 2 atom stereocenters. The molecule has 1 aromatic carbocycles. The number of rotatable bonds is 9. The molecule has 184 valence electrons. The molecule has 0 amide bonds. The first kappa shape index (κ1) is 26.9. The second kappa shape index (κ2) is 14.7. The van der Waals surface area contributed by atoms with Crippen molar-refractivity contribution in [1.82, 2.24) is 0 Å². The average molecular weight is 461 g/mol. The van der Waals surface area contributed by atoms with E-state index >= 15 is 0 Å². The van der Waals surface area contributed by atoms with E-state index in [-0.39, 0.29) is 11.9 Å². The van der Waals surface area contributed by atoms with Crippen molar-refractivity contribution in [2.75, 3.05) is 14.2 Å². The van der Waals surface area contributed by atoms with Crippen LogP contribution in [0.4, 0.5) is 0 Å². The lowest BCUT2D eigenvalue weighted by Gasteiger charge is -2.28. The zero-order valence-corrected chi connectivity index (χ0v) is 20.2. The Hall–Kier alpha value is -2.37. The van der Waals surface area contributed by atoms with Gasteiger partial charge in [-0.1, -0.05) is 44.2 Å². The maximum absolute atomic E-state index is 12.0. The number of carbonyl (C=O) groups excluding carboxylic acids is 2. The first-order valence-corrected chi connectivity index (χ1v) is 12.4. The molecular weight excluding hydrogens is 420 g/mol. The van der Waals surface area contributed by atoms with Crippen molar-refractivity contribution in [3.63, 3.8) is 0 Å². The Kier molecular flexibility index (Phi) is 12.0. The Balaban J connectivity index is 0.000000294. The van der Waals surface area contributed by atoms with Crippen LogP contribution < -0.4 is 4.74 Å². The molecule has 2 aliphatic carbocycles. The summed E-state index contributed by atoms with van der Waals surface area (Å²) in [5, 5.41) is 8.44. The molecule has 2 fully saturated rings. The summed E-state index contributed by atoms with van der Waals surface area (Å²) < 4.78 is 9.83. The highest BCUT2D eigenvalue weighted by atomic mass is 16.5. The summed E-state index contributed by atoms with van der Waals surface area (Å²) in [6.45, 7) is 0. The number of carbonyl (C=O) groups is 3. The molecule has 0 spiro atoms. The van der Waals surface area contributed by atoms with Crippen LogP contribution in [-0.4, -0.2) is 37.0 Å². The fourth-order valence-electron chi connectivity index (χ4n) is 4.96. The lowest BCUT2D eigenvalue weighted by Crippen LogP contribution is -2.26. The van der Waals surface area contributed by atoms with Crippen LogP contribution in [0.2, 0.25) is 0 Å². The van der Waals surface area contributed by atoms with Crippen LogP contribution in [0.3, 0.4) is 0 Å². The van der Waals surface area contributed by atoms with E-state index in [0.29, 0.717) is 43.3 Å². The molecule has 1 N–H and O–H groups in total. The van der Waals surface area contributed by atoms with Gasteiger partial charge in [0, 0.05) is 25.2 Å². The third-order valence-electron chi connectivity index (χ3n) is 6.97. The van der Waals surface area contributed by atoms with Crippen LogP contribution in [0.15, 0.2) is 24.3 Å². The van der Waals surface area contributed by atoms with E-state index in [9.17, 15) is 14.4 Å². The van der Waals surface area contributed by atoms with E-state index in [4.69, 9.17) is 9.84 Å². The van der Waals surface area contributed by atoms with Gasteiger partial charge in [0.25, 0.3) is 0 Å². The van der Waals surface area contributed by atoms with Crippen molar-refractivity contribution in [2.24, 2.45) is 17.8 Å². The molecular formula is C27H40O6. The number of carboxylic acid groups (broad SMARTS) is 1. The Morgan fingerprint density at radius 2 is 1.64 bits per heavy atom. The minimum Gasteiger partial charge on any atom is -0.497 e. The number of ketones is 1. The summed E-state index contributed by atoms with van der Waals surface area (Å²) in [6.07, 6.45) is 12.1. The first-order chi connectivity index (χ1) is 15.9. The van der Waals surface area contributed by atoms with Crippen LogP contribution in [-0.2, 0) is 25.5 Å². The van der Waals surface area contributed by atoms with Crippen LogP contribution in [0.1, 0.15) is 82.6 Å². The van der Waals surface area contributed by atoms with Crippen molar-refractivity contribution >= 4 is 17.7 Å². The normalized spacial score (nSPS) is 21.0. The Morgan fingerprint density at radius 3 is 2.24 bits per heavy atom. The molecule has 1 aromatic rings. The first-order valence-electron chi connectivity index (χ1n) is 12.4. The fraction of sp³-hybridized carbons (Fsp3) is 0.667. The number of ether oxygens (including phenoxy) is 2. The minimum atomic E-state index is -0.643. The summed E-state index contributed by atoms with van der Waals surface area (Å²) in [7, 11) is 3.05. The highest BCUT2D eigenvalue weighted by Gasteiger charge is 2.29. The largest absolute Gasteiger partial charge is 0.497 e. The van der Waals surface area contributed by atoms with Crippen molar-refractivity contribution in [1.29, 1.82) is 0 Å². The monoisotopic (exact) mass is 460 g/mol. The molecule has 2 unspecified atom stereocenters. The summed E-state index contributed by atoms with van der Waals surface area (Å²) >= 11 is 0. The van der Waals surface area contributed by atoms with Crippen molar-refractivity contribution in [3.8, 4) is 5.75 Å². The Bertz CT molecular complexity index is 735. The third kappa shape index (κ3) is 10.4. The van der Waals surface area contributed by atoms with Gasteiger partial charge in [0.2, 0.25) is 0 Å². The predicted molar refractivity (Wildman–Crippen MR) is 127 cm³/mol. The number of carboxylic acids is 1. The number of benzene rings is 1. The SMILES string of the molecule is COC(=O)CCC1CC(Cc2ccc(OC)cc2)CCC1=O.O=C(O)CCC1CCCCC1. The number of aliphatic carboxylic acids is 1. The van der Waals surface area contributed by atoms with Gasteiger partial charge in [-0.05, 0) is 61.6 Å². The molecule has 6 heteroatoms. The number of hydrogen-bond donors (Lipinski definition) is 1. The number of Topliss-reactive ketones (excluding diaryl/α,β-unsaturated/α-hetero) is 1. The summed E-state index contributed by atoms with van der Waals surface area (Å²) in [5.74, 6) is 1.51.